The Morgan fingerprint density at radius 2 is 1.80 bits per heavy atom. The van der Waals surface area contributed by atoms with Crippen LogP contribution >= 0.6 is 11.6 Å². The van der Waals surface area contributed by atoms with Crippen molar-refractivity contribution in [2.45, 2.75) is 53.0 Å². The fraction of sp³-hybridized carbons (Fsp3) is 0.407. The molecule has 0 spiro atoms. The number of aryl methyl sites for hydroxylation is 1. The summed E-state index contributed by atoms with van der Waals surface area (Å²) in [6, 6.07) is 10.6. The number of benzene rings is 1. The molecular formula is C27H32ClN5O2. The molecule has 3 aromatic rings. The molecule has 35 heavy (non-hydrogen) atoms. The van der Waals surface area contributed by atoms with E-state index in [-0.39, 0.29) is 17.9 Å². The zero-order chi connectivity index (χ0) is 25.1. The fourth-order valence-electron chi connectivity index (χ4n) is 4.59. The van der Waals surface area contributed by atoms with E-state index in [1.165, 1.54) is 11.8 Å². The Bertz CT molecular complexity index is 1210. The van der Waals surface area contributed by atoms with Crippen molar-refractivity contribution in [2.75, 3.05) is 18.4 Å². The molecule has 2 aromatic heterocycles. The molecule has 0 aliphatic carbocycles. The van der Waals surface area contributed by atoms with E-state index in [1.807, 2.05) is 17.9 Å². The maximum atomic E-state index is 13.2. The summed E-state index contributed by atoms with van der Waals surface area (Å²) in [5.74, 6) is 0.829. The number of nitrogens with one attached hydrogen (secondary N) is 1. The highest BCUT2D eigenvalue weighted by molar-refractivity contribution is 6.34. The van der Waals surface area contributed by atoms with E-state index in [0.29, 0.717) is 35.5 Å². The van der Waals surface area contributed by atoms with Gasteiger partial charge in [-0.1, -0.05) is 49.7 Å². The van der Waals surface area contributed by atoms with Crippen molar-refractivity contribution in [2.24, 2.45) is 5.92 Å². The number of piperidine rings is 1. The van der Waals surface area contributed by atoms with Gasteiger partial charge in [0.2, 0.25) is 5.91 Å². The molecule has 0 unspecified atom stereocenters. The summed E-state index contributed by atoms with van der Waals surface area (Å²) in [7, 11) is 0. The van der Waals surface area contributed by atoms with Gasteiger partial charge in [-0.3, -0.25) is 14.3 Å². The highest BCUT2D eigenvalue weighted by Crippen LogP contribution is 2.28. The van der Waals surface area contributed by atoms with Crippen molar-refractivity contribution >= 4 is 29.2 Å². The highest BCUT2D eigenvalue weighted by atomic mass is 35.5. The number of halogens is 1. The van der Waals surface area contributed by atoms with Crippen LogP contribution in [0.1, 0.15) is 61.3 Å². The third-order valence-corrected chi connectivity index (χ3v) is 6.74. The summed E-state index contributed by atoms with van der Waals surface area (Å²) < 4.78 is 1.69. The van der Waals surface area contributed by atoms with Crippen LogP contribution in [0.4, 0.5) is 5.82 Å². The van der Waals surface area contributed by atoms with Crippen LogP contribution in [-0.4, -0.2) is 44.6 Å². The number of hydrogen-bond donors (Lipinski definition) is 1. The first kappa shape index (κ1) is 24.9. The van der Waals surface area contributed by atoms with E-state index in [9.17, 15) is 9.59 Å². The molecule has 2 amide bonds. The lowest BCUT2D eigenvalue weighted by Crippen LogP contribution is -2.38. The minimum Gasteiger partial charge on any atom is -0.343 e. The van der Waals surface area contributed by atoms with E-state index < -0.39 is 0 Å². The molecule has 7 nitrogen and oxygen atoms in total. The molecule has 1 aliphatic rings. The number of amides is 2. The zero-order valence-corrected chi connectivity index (χ0v) is 21.5. The van der Waals surface area contributed by atoms with Crippen molar-refractivity contribution in [1.82, 2.24) is 19.7 Å². The molecular weight excluding hydrogens is 462 g/mol. The van der Waals surface area contributed by atoms with Gasteiger partial charge in [-0.25, -0.2) is 4.98 Å². The normalized spacial score (nSPS) is 14.4. The molecule has 1 fully saturated rings. The molecule has 0 radical (unpaired) electrons. The number of likely N-dealkylation sites (tertiary alicyclic amines) is 1. The molecule has 0 saturated carbocycles. The summed E-state index contributed by atoms with van der Waals surface area (Å²) in [5.41, 5.74) is 4.58. The molecule has 1 N–H and O–H groups in total. The minimum atomic E-state index is -0.345. The van der Waals surface area contributed by atoms with Crippen LogP contribution in [0.2, 0.25) is 5.02 Å². The second-order valence-electron chi connectivity index (χ2n) is 9.66. The summed E-state index contributed by atoms with van der Waals surface area (Å²) in [6.45, 7) is 9.21. The molecule has 1 saturated heterocycles. The van der Waals surface area contributed by atoms with Crippen LogP contribution in [0.15, 0.2) is 42.7 Å². The standard InChI is InChI=1S/C27H32ClN5O2/c1-17(2)13-20-5-7-21(8-6-20)22-14-18(3)26(29-15-22)31-27(35)25-24(28)16-30-33(25)23-9-11-32(12-10-23)19(4)34/h5-8,14-17,23H,9-13H2,1-4H3,(H,29,31,35). The van der Waals surface area contributed by atoms with Gasteiger partial charge in [0.25, 0.3) is 5.91 Å². The first-order chi connectivity index (χ1) is 16.7. The van der Waals surface area contributed by atoms with Crippen molar-refractivity contribution < 1.29 is 9.59 Å². The number of rotatable bonds is 6. The maximum Gasteiger partial charge on any atom is 0.276 e. The number of aromatic nitrogens is 3. The quantitative estimate of drug-likeness (QED) is 0.488. The predicted octanol–water partition coefficient (Wildman–Crippen LogP) is 5.54. The highest BCUT2D eigenvalue weighted by Gasteiger charge is 2.28. The number of hydrogen-bond acceptors (Lipinski definition) is 4. The summed E-state index contributed by atoms with van der Waals surface area (Å²) in [4.78, 5) is 31.2. The van der Waals surface area contributed by atoms with Gasteiger partial charge in [-0.15, -0.1) is 0 Å². The van der Waals surface area contributed by atoms with Gasteiger partial charge >= 0.3 is 0 Å². The van der Waals surface area contributed by atoms with Gasteiger partial charge in [-0.05, 0) is 54.9 Å². The van der Waals surface area contributed by atoms with Crippen molar-refractivity contribution in [3.05, 3.63) is 64.6 Å². The monoisotopic (exact) mass is 493 g/mol. The van der Waals surface area contributed by atoms with Crippen molar-refractivity contribution in [3.8, 4) is 11.1 Å². The SMILES string of the molecule is CC(=O)N1CCC(n2ncc(Cl)c2C(=O)Nc2ncc(-c3ccc(CC(C)C)cc3)cc2C)CC1. The van der Waals surface area contributed by atoms with E-state index in [2.05, 4.69) is 53.5 Å². The first-order valence-corrected chi connectivity index (χ1v) is 12.5. The van der Waals surface area contributed by atoms with Crippen LogP contribution < -0.4 is 5.32 Å². The Labute approximate surface area is 211 Å². The lowest BCUT2D eigenvalue weighted by Gasteiger charge is -2.32. The van der Waals surface area contributed by atoms with Crippen molar-refractivity contribution in [3.63, 3.8) is 0 Å². The van der Waals surface area contributed by atoms with E-state index in [4.69, 9.17) is 11.6 Å². The first-order valence-electron chi connectivity index (χ1n) is 12.1. The van der Waals surface area contributed by atoms with E-state index in [1.54, 1.807) is 17.8 Å². The Kier molecular flexibility index (Phi) is 7.55. The van der Waals surface area contributed by atoms with E-state index in [0.717, 1.165) is 36.0 Å². The molecule has 8 heteroatoms. The summed E-state index contributed by atoms with van der Waals surface area (Å²) in [5, 5.41) is 7.58. The Morgan fingerprint density at radius 3 is 2.40 bits per heavy atom. The van der Waals surface area contributed by atoms with Crippen LogP contribution in [-0.2, 0) is 11.2 Å². The van der Waals surface area contributed by atoms with Crippen LogP contribution in [0.3, 0.4) is 0 Å². The molecule has 4 rings (SSSR count). The average molecular weight is 494 g/mol. The van der Waals surface area contributed by atoms with Gasteiger partial charge in [0, 0.05) is 31.8 Å². The lowest BCUT2D eigenvalue weighted by molar-refractivity contribution is -0.130. The number of carbonyl (C=O) groups excluding carboxylic acids is 2. The van der Waals surface area contributed by atoms with Gasteiger partial charge < -0.3 is 10.2 Å². The van der Waals surface area contributed by atoms with Gasteiger partial charge in [-0.2, -0.15) is 5.10 Å². The topological polar surface area (TPSA) is 80.1 Å². The maximum absolute atomic E-state index is 13.2. The number of pyridine rings is 1. The van der Waals surface area contributed by atoms with Gasteiger partial charge in [0.1, 0.15) is 11.5 Å². The third kappa shape index (κ3) is 5.73. The number of carbonyl (C=O) groups is 2. The molecule has 0 bridgehead atoms. The van der Waals surface area contributed by atoms with Crippen molar-refractivity contribution in [1.29, 1.82) is 0 Å². The van der Waals surface area contributed by atoms with Crippen LogP contribution in [0, 0.1) is 12.8 Å². The lowest BCUT2D eigenvalue weighted by atomic mass is 9.99. The van der Waals surface area contributed by atoms with Crippen LogP contribution in [0.5, 0.6) is 0 Å². The zero-order valence-electron chi connectivity index (χ0n) is 20.7. The number of nitrogens with zero attached hydrogens (tertiary/aromatic N) is 4. The second-order valence-corrected chi connectivity index (χ2v) is 10.1. The molecule has 3 heterocycles. The molecule has 184 valence electrons. The Morgan fingerprint density at radius 1 is 1.11 bits per heavy atom. The van der Waals surface area contributed by atoms with Crippen LogP contribution in [0.25, 0.3) is 11.1 Å². The summed E-state index contributed by atoms with van der Waals surface area (Å²) in [6.07, 6.45) is 5.77. The smallest absolute Gasteiger partial charge is 0.276 e. The summed E-state index contributed by atoms with van der Waals surface area (Å²) >= 11 is 6.36. The van der Waals surface area contributed by atoms with Gasteiger partial charge in [0.15, 0.2) is 0 Å². The predicted molar refractivity (Wildman–Crippen MR) is 139 cm³/mol. The third-order valence-electron chi connectivity index (χ3n) is 6.46. The average Bonchev–Trinajstić information content (AvgIpc) is 3.22. The largest absolute Gasteiger partial charge is 0.343 e. The molecule has 1 aromatic carbocycles. The Balaban J connectivity index is 1.48. The van der Waals surface area contributed by atoms with Gasteiger partial charge in [0.05, 0.1) is 17.3 Å². The second kappa shape index (κ2) is 10.6. The fourth-order valence-corrected chi connectivity index (χ4v) is 4.81. The molecule has 1 aliphatic heterocycles. The molecule has 0 atom stereocenters. The minimum absolute atomic E-state index is 0.00829. The number of anilines is 1. The van der Waals surface area contributed by atoms with E-state index >= 15 is 0 Å². The Hall–Kier alpha value is -3.19.